The molecule has 6 heteroatoms. The van der Waals surface area contributed by atoms with Crippen molar-refractivity contribution in [3.63, 3.8) is 0 Å². The van der Waals surface area contributed by atoms with Crippen LogP contribution in [0.5, 0.6) is 5.75 Å². The predicted octanol–water partition coefficient (Wildman–Crippen LogP) is 3.91. The average Bonchev–Trinajstić information content (AvgIpc) is 2.69. The standard InChI is InChI=1S/C21H29N3O2.HI/c1-3-25-18-11-14-24(15-12-18)21(22-2)23-13-16-26-20-10-6-8-17-7-4-5-9-19(17)20;/h4-10,18H,3,11-16H2,1-2H3,(H,22,23);1H. The molecule has 0 unspecified atom stereocenters. The van der Waals surface area contributed by atoms with E-state index in [2.05, 4.69) is 40.3 Å². The molecule has 5 nitrogen and oxygen atoms in total. The molecule has 0 radical (unpaired) electrons. The van der Waals surface area contributed by atoms with Gasteiger partial charge in [-0.15, -0.1) is 24.0 Å². The Hall–Kier alpha value is -1.54. The molecule has 148 valence electrons. The molecular formula is C21H30IN3O2. The van der Waals surface area contributed by atoms with E-state index < -0.39 is 0 Å². The highest BCUT2D eigenvalue weighted by Crippen LogP contribution is 2.24. The Bertz CT molecular complexity index is 725. The van der Waals surface area contributed by atoms with E-state index in [0.29, 0.717) is 12.7 Å². The van der Waals surface area contributed by atoms with Gasteiger partial charge in [-0.2, -0.15) is 0 Å². The van der Waals surface area contributed by atoms with Gasteiger partial charge in [-0.05, 0) is 31.2 Å². The van der Waals surface area contributed by atoms with Crippen molar-refractivity contribution in [1.29, 1.82) is 0 Å². The van der Waals surface area contributed by atoms with Crippen LogP contribution in [0.15, 0.2) is 47.5 Å². The quantitative estimate of drug-likeness (QED) is 0.293. The molecule has 1 aliphatic rings. The third-order valence-corrected chi connectivity index (χ3v) is 4.75. The van der Waals surface area contributed by atoms with Crippen LogP contribution >= 0.6 is 24.0 Å². The first-order chi connectivity index (χ1) is 12.8. The summed E-state index contributed by atoms with van der Waals surface area (Å²) in [6, 6.07) is 14.5. The van der Waals surface area contributed by atoms with Gasteiger partial charge in [-0.25, -0.2) is 0 Å². The summed E-state index contributed by atoms with van der Waals surface area (Å²) in [5, 5.41) is 5.76. The average molecular weight is 483 g/mol. The van der Waals surface area contributed by atoms with Crippen LogP contribution < -0.4 is 10.1 Å². The topological polar surface area (TPSA) is 46.1 Å². The lowest BCUT2D eigenvalue weighted by atomic mass is 10.1. The van der Waals surface area contributed by atoms with Crippen LogP contribution in [-0.4, -0.2) is 56.9 Å². The van der Waals surface area contributed by atoms with Gasteiger partial charge in [0.25, 0.3) is 0 Å². The molecule has 1 saturated heterocycles. The number of nitrogens with one attached hydrogen (secondary N) is 1. The highest BCUT2D eigenvalue weighted by atomic mass is 127. The summed E-state index contributed by atoms with van der Waals surface area (Å²) >= 11 is 0. The lowest BCUT2D eigenvalue weighted by Crippen LogP contribution is -2.47. The lowest BCUT2D eigenvalue weighted by Gasteiger charge is -2.34. The van der Waals surface area contributed by atoms with Crippen molar-refractivity contribution in [2.24, 2.45) is 4.99 Å². The molecule has 1 aliphatic heterocycles. The fourth-order valence-corrected chi connectivity index (χ4v) is 3.45. The smallest absolute Gasteiger partial charge is 0.193 e. The molecule has 1 fully saturated rings. The number of piperidine rings is 1. The largest absolute Gasteiger partial charge is 0.491 e. The highest BCUT2D eigenvalue weighted by Gasteiger charge is 2.21. The number of rotatable bonds is 6. The number of fused-ring (bicyclic) bond motifs is 1. The zero-order chi connectivity index (χ0) is 18.2. The zero-order valence-electron chi connectivity index (χ0n) is 16.2. The van der Waals surface area contributed by atoms with Crippen LogP contribution in [0.3, 0.4) is 0 Å². The van der Waals surface area contributed by atoms with E-state index in [1.807, 2.05) is 31.3 Å². The van der Waals surface area contributed by atoms with Gasteiger partial charge in [0, 0.05) is 32.1 Å². The maximum absolute atomic E-state index is 5.99. The minimum absolute atomic E-state index is 0. The number of likely N-dealkylation sites (tertiary alicyclic amines) is 1. The minimum atomic E-state index is 0. The maximum Gasteiger partial charge on any atom is 0.193 e. The number of benzene rings is 2. The van der Waals surface area contributed by atoms with Crippen LogP contribution in [0.4, 0.5) is 0 Å². The Balaban J connectivity index is 0.00000261. The van der Waals surface area contributed by atoms with E-state index >= 15 is 0 Å². The number of halogens is 1. The van der Waals surface area contributed by atoms with Crippen molar-refractivity contribution >= 4 is 40.7 Å². The predicted molar refractivity (Wildman–Crippen MR) is 122 cm³/mol. The lowest BCUT2D eigenvalue weighted by molar-refractivity contribution is 0.0263. The number of ether oxygens (including phenoxy) is 2. The summed E-state index contributed by atoms with van der Waals surface area (Å²) in [4.78, 5) is 6.71. The number of hydrogen-bond donors (Lipinski definition) is 1. The van der Waals surface area contributed by atoms with Crippen LogP contribution in [-0.2, 0) is 4.74 Å². The van der Waals surface area contributed by atoms with Gasteiger partial charge >= 0.3 is 0 Å². The molecule has 0 amide bonds. The molecule has 0 spiro atoms. The normalized spacial score (nSPS) is 15.5. The summed E-state index contributed by atoms with van der Waals surface area (Å²) in [5.41, 5.74) is 0. The van der Waals surface area contributed by atoms with Gasteiger partial charge in [0.05, 0.1) is 12.6 Å². The maximum atomic E-state index is 5.99. The zero-order valence-corrected chi connectivity index (χ0v) is 18.5. The molecule has 0 bridgehead atoms. The Kier molecular flexibility index (Phi) is 9.14. The number of aliphatic imine (C=N–C) groups is 1. The van der Waals surface area contributed by atoms with E-state index in [1.54, 1.807) is 0 Å². The van der Waals surface area contributed by atoms with Crippen molar-refractivity contribution in [3.05, 3.63) is 42.5 Å². The Morgan fingerprint density at radius 2 is 1.89 bits per heavy atom. The number of hydrogen-bond acceptors (Lipinski definition) is 3. The molecule has 0 atom stereocenters. The second-order valence-electron chi connectivity index (χ2n) is 6.44. The number of nitrogens with zero attached hydrogens (tertiary/aromatic N) is 2. The van der Waals surface area contributed by atoms with E-state index in [0.717, 1.165) is 56.2 Å². The fourth-order valence-electron chi connectivity index (χ4n) is 3.45. The highest BCUT2D eigenvalue weighted by molar-refractivity contribution is 14.0. The molecule has 0 aliphatic carbocycles. The summed E-state index contributed by atoms with van der Waals surface area (Å²) in [6.07, 6.45) is 2.51. The Morgan fingerprint density at radius 3 is 2.63 bits per heavy atom. The molecule has 2 aromatic carbocycles. The van der Waals surface area contributed by atoms with E-state index in [4.69, 9.17) is 9.47 Å². The van der Waals surface area contributed by atoms with Gasteiger partial charge < -0.3 is 19.7 Å². The second-order valence-corrected chi connectivity index (χ2v) is 6.44. The molecular weight excluding hydrogens is 453 g/mol. The van der Waals surface area contributed by atoms with Gasteiger partial charge in [0.1, 0.15) is 12.4 Å². The van der Waals surface area contributed by atoms with E-state index in [9.17, 15) is 0 Å². The molecule has 3 rings (SSSR count). The monoisotopic (exact) mass is 483 g/mol. The molecule has 1 heterocycles. The first kappa shape index (κ1) is 21.8. The van der Waals surface area contributed by atoms with Gasteiger partial charge in [0.2, 0.25) is 0 Å². The Morgan fingerprint density at radius 1 is 1.15 bits per heavy atom. The third kappa shape index (κ3) is 5.97. The van der Waals surface area contributed by atoms with Crippen molar-refractivity contribution in [2.75, 3.05) is 39.9 Å². The van der Waals surface area contributed by atoms with Crippen LogP contribution in [0, 0.1) is 0 Å². The van der Waals surface area contributed by atoms with Crippen molar-refractivity contribution in [3.8, 4) is 5.75 Å². The van der Waals surface area contributed by atoms with Gasteiger partial charge in [-0.3, -0.25) is 4.99 Å². The molecule has 0 aromatic heterocycles. The Labute approximate surface area is 179 Å². The van der Waals surface area contributed by atoms with E-state index in [1.165, 1.54) is 5.39 Å². The van der Waals surface area contributed by atoms with Crippen LogP contribution in [0.2, 0.25) is 0 Å². The first-order valence-electron chi connectivity index (χ1n) is 9.49. The molecule has 1 N–H and O–H groups in total. The first-order valence-corrected chi connectivity index (χ1v) is 9.49. The SMILES string of the molecule is CCOC1CCN(C(=NC)NCCOc2cccc3ccccc23)CC1.I. The molecule has 0 saturated carbocycles. The summed E-state index contributed by atoms with van der Waals surface area (Å²) in [5.74, 6) is 1.87. The van der Waals surface area contributed by atoms with Gasteiger partial charge in [0.15, 0.2) is 5.96 Å². The fraction of sp³-hybridized carbons (Fsp3) is 0.476. The summed E-state index contributed by atoms with van der Waals surface area (Å²) in [6.45, 7) is 6.14. The van der Waals surface area contributed by atoms with Gasteiger partial charge in [-0.1, -0.05) is 36.4 Å². The summed E-state index contributed by atoms with van der Waals surface area (Å²) < 4.78 is 11.7. The van der Waals surface area contributed by atoms with Crippen LogP contribution in [0.1, 0.15) is 19.8 Å². The second kappa shape index (κ2) is 11.3. The molecule has 2 aromatic rings. The molecule has 27 heavy (non-hydrogen) atoms. The van der Waals surface area contributed by atoms with Crippen LogP contribution in [0.25, 0.3) is 10.8 Å². The third-order valence-electron chi connectivity index (χ3n) is 4.75. The van der Waals surface area contributed by atoms with Crippen molar-refractivity contribution in [2.45, 2.75) is 25.9 Å². The van der Waals surface area contributed by atoms with E-state index in [-0.39, 0.29) is 24.0 Å². The van der Waals surface area contributed by atoms with Crippen molar-refractivity contribution in [1.82, 2.24) is 10.2 Å². The van der Waals surface area contributed by atoms with Crippen molar-refractivity contribution < 1.29 is 9.47 Å². The summed E-state index contributed by atoms with van der Waals surface area (Å²) in [7, 11) is 1.84. The minimum Gasteiger partial charge on any atom is -0.491 e. The number of guanidine groups is 1.